The second-order valence-corrected chi connectivity index (χ2v) is 6.00. The zero-order chi connectivity index (χ0) is 22.8. The molecule has 0 radical (unpaired) electrons. The van der Waals surface area contributed by atoms with Crippen LogP contribution in [0.25, 0.3) is 22.4 Å². The number of hydrogen-bond donors (Lipinski definition) is 0. The number of halogens is 6. The molecule has 0 aliphatic rings. The van der Waals surface area contributed by atoms with Gasteiger partial charge in [0.25, 0.3) is 5.69 Å². The number of rotatable bonds is 5. The Morgan fingerprint density at radius 1 is 0.806 bits per heavy atom. The molecule has 0 saturated carbocycles. The van der Waals surface area contributed by atoms with E-state index in [0.717, 1.165) is 30.5 Å². The molecule has 6 nitrogen and oxygen atoms in total. The smallest absolute Gasteiger partial charge is 0.406 e. The number of nitro groups is 1. The Morgan fingerprint density at radius 2 is 1.32 bits per heavy atom. The van der Waals surface area contributed by atoms with Crippen LogP contribution in [0.5, 0.6) is 11.5 Å². The van der Waals surface area contributed by atoms with Gasteiger partial charge in [-0.2, -0.15) is 0 Å². The maximum atomic E-state index is 12.5. The van der Waals surface area contributed by atoms with Crippen LogP contribution >= 0.6 is 0 Å². The summed E-state index contributed by atoms with van der Waals surface area (Å²) in [5.74, 6) is -1.13. The lowest BCUT2D eigenvalue weighted by atomic mass is 10.0. The zero-order valence-electron chi connectivity index (χ0n) is 15.1. The number of benzene rings is 2. The van der Waals surface area contributed by atoms with Gasteiger partial charge in [-0.05, 0) is 35.9 Å². The summed E-state index contributed by atoms with van der Waals surface area (Å²) < 4.78 is 82.5. The molecule has 3 rings (SSSR count). The van der Waals surface area contributed by atoms with Crippen LogP contribution in [-0.4, -0.2) is 22.6 Å². The number of alkyl halides is 6. The Balaban J connectivity index is 2.07. The van der Waals surface area contributed by atoms with Crippen molar-refractivity contribution in [1.29, 1.82) is 0 Å². The van der Waals surface area contributed by atoms with E-state index in [0.29, 0.717) is 0 Å². The van der Waals surface area contributed by atoms with Crippen LogP contribution in [0.2, 0.25) is 0 Å². The maximum Gasteiger partial charge on any atom is 0.573 e. The van der Waals surface area contributed by atoms with Gasteiger partial charge in [-0.15, -0.1) is 26.3 Å². The standard InChI is InChI=1S/C19H10F6N2O4/c20-18(21,22)30-13-5-1-3-11(7-13)15-9-16(26-10-17(15)27(28)29)12-4-2-6-14(8-12)31-19(23,24)25/h1-10H. The molecule has 0 aliphatic heterocycles. The van der Waals surface area contributed by atoms with Crippen molar-refractivity contribution in [2.24, 2.45) is 0 Å². The molecule has 0 spiro atoms. The van der Waals surface area contributed by atoms with Crippen molar-refractivity contribution in [3.63, 3.8) is 0 Å². The Morgan fingerprint density at radius 3 is 1.84 bits per heavy atom. The topological polar surface area (TPSA) is 74.5 Å². The Hall–Kier alpha value is -3.83. The number of ether oxygens (including phenoxy) is 2. The summed E-state index contributed by atoms with van der Waals surface area (Å²) in [7, 11) is 0. The van der Waals surface area contributed by atoms with E-state index < -0.39 is 34.8 Å². The minimum atomic E-state index is -4.97. The van der Waals surface area contributed by atoms with Crippen molar-refractivity contribution >= 4 is 5.69 Å². The summed E-state index contributed by atoms with van der Waals surface area (Å²) >= 11 is 0. The number of hydrogen-bond acceptors (Lipinski definition) is 5. The third-order valence-corrected chi connectivity index (χ3v) is 3.82. The van der Waals surface area contributed by atoms with Gasteiger partial charge in [0, 0.05) is 5.56 Å². The minimum Gasteiger partial charge on any atom is -0.406 e. The molecule has 12 heteroatoms. The summed E-state index contributed by atoms with van der Waals surface area (Å²) in [4.78, 5) is 14.5. The summed E-state index contributed by atoms with van der Waals surface area (Å²) in [6, 6.07) is 10.4. The summed E-state index contributed by atoms with van der Waals surface area (Å²) in [6.45, 7) is 0. The molecule has 1 aromatic heterocycles. The molecule has 0 aliphatic carbocycles. The fraction of sp³-hybridized carbons (Fsp3) is 0.105. The minimum absolute atomic E-state index is 0.0137. The highest BCUT2D eigenvalue weighted by Crippen LogP contribution is 2.36. The predicted octanol–water partition coefficient (Wildman–Crippen LogP) is 6.12. The Kier molecular flexibility index (Phi) is 5.73. The maximum absolute atomic E-state index is 12.5. The average molecular weight is 444 g/mol. The lowest BCUT2D eigenvalue weighted by molar-refractivity contribution is -0.384. The van der Waals surface area contributed by atoms with Gasteiger partial charge in [-0.1, -0.05) is 24.3 Å². The van der Waals surface area contributed by atoms with Crippen LogP contribution in [0.3, 0.4) is 0 Å². The third kappa shape index (κ3) is 5.84. The summed E-state index contributed by atoms with van der Waals surface area (Å²) in [5.41, 5.74) is -0.434. The SMILES string of the molecule is O=[N+]([O-])c1cnc(-c2cccc(OC(F)(F)F)c2)cc1-c1cccc(OC(F)(F)F)c1. The second kappa shape index (κ2) is 8.13. The van der Waals surface area contributed by atoms with Crippen LogP contribution in [-0.2, 0) is 0 Å². The van der Waals surface area contributed by atoms with Crippen molar-refractivity contribution < 1.29 is 40.7 Å². The largest absolute Gasteiger partial charge is 0.573 e. The Bertz CT molecular complexity index is 1120. The molecule has 0 N–H and O–H groups in total. The quantitative estimate of drug-likeness (QED) is 0.269. The van der Waals surface area contributed by atoms with Crippen molar-refractivity contribution in [1.82, 2.24) is 4.98 Å². The van der Waals surface area contributed by atoms with E-state index in [9.17, 15) is 36.5 Å². The van der Waals surface area contributed by atoms with Crippen molar-refractivity contribution in [2.45, 2.75) is 12.7 Å². The van der Waals surface area contributed by atoms with E-state index in [1.807, 2.05) is 0 Å². The number of aromatic nitrogens is 1. The molecule has 0 atom stereocenters. The number of nitrogens with zero attached hydrogens (tertiary/aromatic N) is 2. The van der Waals surface area contributed by atoms with E-state index >= 15 is 0 Å². The van der Waals surface area contributed by atoms with Crippen LogP contribution in [0.4, 0.5) is 32.0 Å². The van der Waals surface area contributed by atoms with Crippen molar-refractivity contribution in [3.05, 3.63) is 70.9 Å². The molecule has 0 fully saturated rings. The second-order valence-electron chi connectivity index (χ2n) is 6.00. The molecule has 0 saturated heterocycles. The van der Waals surface area contributed by atoms with Crippen LogP contribution < -0.4 is 9.47 Å². The van der Waals surface area contributed by atoms with Gasteiger partial charge < -0.3 is 9.47 Å². The normalized spacial score (nSPS) is 11.8. The van der Waals surface area contributed by atoms with Gasteiger partial charge in [0.2, 0.25) is 0 Å². The van der Waals surface area contributed by atoms with Gasteiger partial charge >= 0.3 is 12.7 Å². The third-order valence-electron chi connectivity index (χ3n) is 3.82. The molecule has 2 aromatic carbocycles. The van der Waals surface area contributed by atoms with Gasteiger partial charge in [0.15, 0.2) is 0 Å². The lowest BCUT2D eigenvalue weighted by Gasteiger charge is -2.12. The zero-order valence-corrected chi connectivity index (χ0v) is 15.1. The van der Waals surface area contributed by atoms with E-state index in [2.05, 4.69) is 14.5 Å². The van der Waals surface area contributed by atoms with E-state index in [4.69, 9.17) is 0 Å². The van der Waals surface area contributed by atoms with Crippen molar-refractivity contribution in [3.8, 4) is 33.9 Å². The van der Waals surface area contributed by atoms with Crippen LogP contribution in [0.1, 0.15) is 0 Å². The molecule has 0 amide bonds. The van der Waals surface area contributed by atoms with E-state index in [1.165, 1.54) is 30.3 Å². The molecule has 1 heterocycles. The first-order chi connectivity index (χ1) is 14.4. The molecule has 31 heavy (non-hydrogen) atoms. The number of pyridine rings is 1. The van der Waals surface area contributed by atoms with Gasteiger partial charge in [0.05, 0.1) is 16.2 Å². The highest BCUT2D eigenvalue weighted by molar-refractivity contribution is 5.78. The first-order valence-corrected chi connectivity index (χ1v) is 8.28. The first kappa shape index (κ1) is 21.9. The molecular formula is C19H10F6N2O4. The van der Waals surface area contributed by atoms with Crippen molar-refractivity contribution in [2.75, 3.05) is 0 Å². The monoisotopic (exact) mass is 444 g/mol. The van der Waals surface area contributed by atoms with Gasteiger partial charge in [-0.25, -0.2) is 4.98 Å². The first-order valence-electron chi connectivity index (χ1n) is 8.28. The van der Waals surface area contributed by atoms with E-state index in [-0.39, 0.29) is 22.4 Å². The molecular weight excluding hydrogens is 434 g/mol. The molecule has 0 bridgehead atoms. The average Bonchev–Trinajstić information content (AvgIpc) is 2.65. The van der Waals surface area contributed by atoms with E-state index in [1.54, 1.807) is 0 Å². The fourth-order valence-electron chi connectivity index (χ4n) is 2.70. The fourth-order valence-corrected chi connectivity index (χ4v) is 2.70. The van der Waals surface area contributed by atoms with Crippen LogP contribution in [0, 0.1) is 10.1 Å². The molecule has 0 unspecified atom stereocenters. The molecule has 3 aromatic rings. The lowest BCUT2D eigenvalue weighted by Crippen LogP contribution is -2.17. The van der Waals surface area contributed by atoms with Crippen LogP contribution in [0.15, 0.2) is 60.8 Å². The van der Waals surface area contributed by atoms with Gasteiger partial charge in [-0.3, -0.25) is 10.1 Å². The Labute approximate surface area is 169 Å². The summed E-state index contributed by atoms with van der Waals surface area (Å²) in [6.07, 6.45) is -9.03. The highest BCUT2D eigenvalue weighted by Gasteiger charge is 2.32. The van der Waals surface area contributed by atoms with Gasteiger partial charge in [0.1, 0.15) is 17.7 Å². The molecule has 162 valence electrons. The summed E-state index contributed by atoms with van der Waals surface area (Å²) in [5, 5.41) is 11.4. The predicted molar refractivity (Wildman–Crippen MR) is 95.1 cm³/mol. The highest BCUT2D eigenvalue weighted by atomic mass is 19.4.